The van der Waals surface area contributed by atoms with E-state index >= 15 is 0 Å². The third-order valence-corrected chi connectivity index (χ3v) is 4.09. The molecule has 0 amide bonds. The van der Waals surface area contributed by atoms with Gasteiger partial charge in [-0.25, -0.2) is 0 Å². The Morgan fingerprint density at radius 2 is 2.16 bits per heavy atom. The predicted molar refractivity (Wildman–Crippen MR) is 86.3 cm³/mol. The zero-order valence-corrected chi connectivity index (χ0v) is 14.1. The number of aliphatic hydroxyl groups excluding tert-OH is 1. The van der Waals surface area contributed by atoms with Gasteiger partial charge in [-0.15, -0.1) is 0 Å². The molecular weight excluding hydrogens is 421 g/mol. The SMILES string of the molecule is CCOc1cncc(C(O)c2cc(Br)ccc2I)c1. The highest BCUT2D eigenvalue weighted by molar-refractivity contribution is 14.1. The van der Waals surface area contributed by atoms with Gasteiger partial charge in [-0.2, -0.15) is 0 Å². The van der Waals surface area contributed by atoms with Crippen molar-refractivity contribution in [3.8, 4) is 5.75 Å². The van der Waals surface area contributed by atoms with Gasteiger partial charge in [0.1, 0.15) is 11.9 Å². The van der Waals surface area contributed by atoms with Crippen LogP contribution >= 0.6 is 38.5 Å². The Morgan fingerprint density at radius 3 is 2.89 bits per heavy atom. The summed E-state index contributed by atoms with van der Waals surface area (Å²) >= 11 is 5.63. The normalized spacial score (nSPS) is 12.2. The Balaban J connectivity index is 2.35. The maximum atomic E-state index is 10.5. The van der Waals surface area contributed by atoms with Crippen molar-refractivity contribution in [3.63, 3.8) is 0 Å². The molecule has 1 unspecified atom stereocenters. The van der Waals surface area contributed by atoms with Crippen LogP contribution in [0.25, 0.3) is 0 Å². The van der Waals surface area contributed by atoms with E-state index < -0.39 is 6.10 Å². The highest BCUT2D eigenvalue weighted by atomic mass is 127. The molecule has 1 N–H and O–H groups in total. The molecule has 19 heavy (non-hydrogen) atoms. The average Bonchev–Trinajstić information content (AvgIpc) is 2.41. The van der Waals surface area contributed by atoms with Gasteiger partial charge < -0.3 is 9.84 Å². The first-order chi connectivity index (χ1) is 9.11. The summed E-state index contributed by atoms with van der Waals surface area (Å²) in [6.45, 7) is 2.50. The number of hydrogen-bond acceptors (Lipinski definition) is 3. The fraction of sp³-hybridized carbons (Fsp3) is 0.214. The first-order valence-electron chi connectivity index (χ1n) is 5.82. The van der Waals surface area contributed by atoms with Crippen LogP contribution in [0, 0.1) is 3.57 Å². The van der Waals surface area contributed by atoms with E-state index in [0.717, 1.165) is 19.2 Å². The van der Waals surface area contributed by atoms with Crippen LogP contribution in [0.15, 0.2) is 41.1 Å². The molecule has 1 aromatic carbocycles. The second-order valence-corrected chi connectivity index (χ2v) is 6.03. The van der Waals surface area contributed by atoms with Crippen molar-refractivity contribution in [3.05, 3.63) is 55.8 Å². The first-order valence-corrected chi connectivity index (χ1v) is 7.69. The number of hydrogen-bond donors (Lipinski definition) is 1. The monoisotopic (exact) mass is 433 g/mol. The first kappa shape index (κ1) is 14.7. The van der Waals surface area contributed by atoms with Crippen LogP contribution in [0.3, 0.4) is 0 Å². The molecule has 0 aliphatic heterocycles. The predicted octanol–water partition coefficient (Wildman–Crippen LogP) is 3.93. The fourth-order valence-electron chi connectivity index (χ4n) is 1.73. The molecule has 0 bridgehead atoms. The second kappa shape index (κ2) is 6.67. The largest absolute Gasteiger partial charge is 0.492 e. The Kier molecular flexibility index (Phi) is 5.18. The van der Waals surface area contributed by atoms with Crippen molar-refractivity contribution >= 4 is 38.5 Å². The van der Waals surface area contributed by atoms with Gasteiger partial charge in [-0.05, 0) is 59.3 Å². The van der Waals surface area contributed by atoms with Crippen molar-refractivity contribution in [2.75, 3.05) is 6.61 Å². The molecule has 2 rings (SSSR count). The minimum absolute atomic E-state index is 0.579. The maximum absolute atomic E-state index is 10.5. The number of ether oxygens (including phenoxy) is 1. The number of pyridine rings is 1. The molecule has 1 heterocycles. The molecule has 3 nitrogen and oxygen atoms in total. The van der Waals surface area contributed by atoms with E-state index in [1.165, 1.54) is 0 Å². The minimum Gasteiger partial charge on any atom is -0.492 e. The zero-order valence-electron chi connectivity index (χ0n) is 10.3. The lowest BCUT2D eigenvalue weighted by Crippen LogP contribution is -2.03. The summed E-state index contributed by atoms with van der Waals surface area (Å²) in [4.78, 5) is 4.10. The van der Waals surface area contributed by atoms with E-state index in [0.29, 0.717) is 12.4 Å². The van der Waals surface area contributed by atoms with E-state index in [9.17, 15) is 5.11 Å². The number of aliphatic hydroxyl groups is 1. The van der Waals surface area contributed by atoms with Crippen molar-refractivity contribution in [2.24, 2.45) is 0 Å². The van der Waals surface area contributed by atoms with Crippen LogP contribution < -0.4 is 4.74 Å². The summed E-state index contributed by atoms with van der Waals surface area (Å²) in [6, 6.07) is 7.65. The molecule has 5 heteroatoms. The summed E-state index contributed by atoms with van der Waals surface area (Å²) in [6.07, 6.45) is 2.59. The smallest absolute Gasteiger partial charge is 0.137 e. The van der Waals surface area contributed by atoms with Crippen LogP contribution in [0.4, 0.5) is 0 Å². The van der Waals surface area contributed by atoms with Crippen molar-refractivity contribution in [1.82, 2.24) is 4.98 Å². The van der Waals surface area contributed by atoms with Gasteiger partial charge in [0.05, 0.1) is 12.8 Å². The van der Waals surface area contributed by atoms with Gasteiger partial charge >= 0.3 is 0 Å². The highest BCUT2D eigenvalue weighted by Crippen LogP contribution is 2.29. The van der Waals surface area contributed by atoms with Gasteiger partial charge in [-0.3, -0.25) is 4.98 Å². The lowest BCUT2D eigenvalue weighted by atomic mass is 10.0. The molecular formula is C14H13BrINO2. The number of halogens is 2. The molecule has 1 aromatic heterocycles. The van der Waals surface area contributed by atoms with E-state index in [4.69, 9.17) is 4.74 Å². The molecule has 0 saturated carbocycles. The number of benzene rings is 1. The standard InChI is InChI=1S/C14H13BrINO2/c1-2-19-11-5-9(7-17-8-11)14(18)12-6-10(15)3-4-13(12)16/h3-8,14,18H,2H2,1H3. The molecule has 0 spiro atoms. The van der Waals surface area contributed by atoms with Gasteiger partial charge in [-0.1, -0.05) is 15.9 Å². The fourth-order valence-corrected chi connectivity index (χ4v) is 2.74. The lowest BCUT2D eigenvalue weighted by molar-refractivity contribution is 0.218. The number of nitrogens with zero attached hydrogens (tertiary/aromatic N) is 1. The van der Waals surface area contributed by atoms with Crippen LogP contribution in [0.1, 0.15) is 24.2 Å². The average molecular weight is 434 g/mol. The molecule has 0 fully saturated rings. The van der Waals surface area contributed by atoms with Gasteiger partial charge in [0.15, 0.2) is 0 Å². The summed E-state index contributed by atoms with van der Waals surface area (Å²) in [7, 11) is 0. The van der Waals surface area contributed by atoms with Crippen LogP contribution in [0.5, 0.6) is 5.75 Å². The third-order valence-electron chi connectivity index (χ3n) is 2.61. The Morgan fingerprint density at radius 1 is 1.37 bits per heavy atom. The molecule has 0 aliphatic rings. The molecule has 0 saturated heterocycles. The molecule has 0 radical (unpaired) electrons. The van der Waals surface area contributed by atoms with Crippen molar-refractivity contribution in [2.45, 2.75) is 13.0 Å². The van der Waals surface area contributed by atoms with Gasteiger partial charge in [0.25, 0.3) is 0 Å². The van der Waals surface area contributed by atoms with E-state index in [2.05, 4.69) is 43.5 Å². The molecule has 100 valence electrons. The van der Waals surface area contributed by atoms with Gasteiger partial charge in [0.2, 0.25) is 0 Å². The Hall–Kier alpha value is -0.660. The van der Waals surface area contributed by atoms with Crippen LogP contribution in [0.2, 0.25) is 0 Å². The molecule has 2 aromatic rings. The summed E-state index contributed by atoms with van der Waals surface area (Å²) in [5.74, 6) is 0.670. The number of aromatic nitrogens is 1. The summed E-state index contributed by atoms with van der Waals surface area (Å²) < 4.78 is 7.35. The zero-order chi connectivity index (χ0) is 13.8. The minimum atomic E-state index is -0.711. The van der Waals surface area contributed by atoms with Gasteiger partial charge in [0, 0.05) is 19.8 Å². The molecule has 1 atom stereocenters. The lowest BCUT2D eigenvalue weighted by Gasteiger charge is -2.14. The highest BCUT2D eigenvalue weighted by Gasteiger charge is 2.15. The second-order valence-electron chi connectivity index (χ2n) is 3.96. The van der Waals surface area contributed by atoms with E-state index in [-0.39, 0.29) is 0 Å². The number of rotatable bonds is 4. The summed E-state index contributed by atoms with van der Waals surface area (Å²) in [5.41, 5.74) is 1.58. The van der Waals surface area contributed by atoms with E-state index in [1.807, 2.05) is 31.2 Å². The molecule has 0 aliphatic carbocycles. The Labute approximate surface area is 134 Å². The Bertz CT molecular complexity index is 577. The van der Waals surface area contributed by atoms with Crippen LogP contribution in [-0.4, -0.2) is 16.7 Å². The van der Waals surface area contributed by atoms with Crippen LogP contribution in [-0.2, 0) is 0 Å². The van der Waals surface area contributed by atoms with Crippen molar-refractivity contribution < 1.29 is 9.84 Å². The van der Waals surface area contributed by atoms with Crippen molar-refractivity contribution in [1.29, 1.82) is 0 Å². The maximum Gasteiger partial charge on any atom is 0.137 e. The van der Waals surface area contributed by atoms with E-state index in [1.54, 1.807) is 12.4 Å². The topological polar surface area (TPSA) is 42.4 Å². The third kappa shape index (κ3) is 3.67. The summed E-state index contributed by atoms with van der Waals surface area (Å²) in [5, 5.41) is 10.5. The quantitative estimate of drug-likeness (QED) is 0.743.